The van der Waals surface area contributed by atoms with Crippen molar-refractivity contribution >= 4 is 22.6 Å². The fraction of sp³-hybridized carbons (Fsp3) is 0.417. The van der Waals surface area contributed by atoms with Crippen molar-refractivity contribution in [3.05, 3.63) is 29.0 Å². The van der Waals surface area contributed by atoms with Crippen LogP contribution in [0.15, 0.2) is 18.2 Å². The zero-order valence-electron chi connectivity index (χ0n) is 9.20. The number of hydrogen-bond acceptors (Lipinski definition) is 2. The van der Waals surface area contributed by atoms with Crippen molar-refractivity contribution < 1.29 is 0 Å². The monoisotopic (exact) mass is 235 g/mol. The van der Waals surface area contributed by atoms with Gasteiger partial charge in [0.1, 0.15) is 5.82 Å². The van der Waals surface area contributed by atoms with Gasteiger partial charge in [-0.15, -0.1) is 0 Å². The van der Waals surface area contributed by atoms with E-state index in [0.717, 1.165) is 41.4 Å². The van der Waals surface area contributed by atoms with Gasteiger partial charge in [-0.25, -0.2) is 4.98 Å². The molecule has 1 fully saturated rings. The molecule has 0 amide bonds. The van der Waals surface area contributed by atoms with E-state index in [9.17, 15) is 0 Å². The average Bonchev–Trinajstić information content (AvgIpc) is 2.84. The second-order valence-electron chi connectivity index (χ2n) is 4.28. The van der Waals surface area contributed by atoms with Crippen LogP contribution in [-0.4, -0.2) is 22.6 Å². The molecular formula is C12H14ClN3. The van der Waals surface area contributed by atoms with Gasteiger partial charge in [0.15, 0.2) is 0 Å². The molecule has 3 rings (SSSR count). The highest BCUT2D eigenvalue weighted by molar-refractivity contribution is 6.35. The van der Waals surface area contributed by atoms with Gasteiger partial charge in [-0.05, 0) is 32.0 Å². The van der Waals surface area contributed by atoms with Crippen LogP contribution in [0.3, 0.4) is 0 Å². The van der Waals surface area contributed by atoms with Crippen LogP contribution in [0, 0.1) is 6.92 Å². The third kappa shape index (κ3) is 1.43. The topological polar surface area (TPSA) is 29.9 Å². The van der Waals surface area contributed by atoms with Gasteiger partial charge in [-0.3, -0.25) is 0 Å². The number of halogens is 1. The van der Waals surface area contributed by atoms with Gasteiger partial charge in [0.05, 0.1) is 16.1 Å². The van der Waals surface area contributed by atoms with Crippen LogP contribution in [-0.2, 0) is 0 Å². The minimum absolute atomic E-state index is 0.491. The second-order valence-corrected chi connectivity index (χ2v) is 4.69. The van der Waals surface area contributed by atoms with Crippen LogP contribution < -0.4 is 5.32 Å². The summed E-state index contributed by atoms with van der Waals surface area (Å²) >= 11 is 6.27. The number of para-hydroxylation sites is 1. The Morgan fingerprint density at radius 1 is 1.50 bits per heavy atom. The molecule has 0 bridgehead atoms. The number of aryl methyl sites for hydroxylation is 1. The molecule has 0 radical (unpaired) electrons. The predicted octanol–water partition coefficient (Wildman–Crippen LogP) is 2.53. The maximum Gasteiger partial charge on any atom is 0.107 e. The minimum atomic E-state index is 0.491. The number of aromatic nitrogens is 2. The summed E-state index contributed by atoms with van der Waals surface area (Å²) in [6.07, 6.45) is 1.15. The summed E-state index contributed by atoms with van der Waals surface area (Å²) in [5, 5.41) is 4.18. The molecule has 0 unspecified atom stereocenters. The van der Waals surface area contributed by atoms with Crippen LogP contribution in [0.5, 0.6) is 0 Å². The molecule has 1 aromatic heterocycles. The summed E-state index contributed by atoms with van der Waals surface area (Å²) in [7, 11) is 0. The fourth-order valence-corrected chi connectivity index (χ4v) is 2.79. The minimum Gasteiger partial charge on any atom is -0.323 e. The number of imidazole rings is 1. The Labute approximate surface area is 99.4 Å². The van der Waals surface area contributed by atoms with Crippen LogP contribution >= 0.6 is 11.6 Å². The highest BCUT2D eigenvalue weighted by Crippen LogP contribution is 2.29. The molecular weight excluding hydrogens is 222 g/mol. The Morgan fingerprint density at radius 2 is 2.38 bits per heavy atom. The van der Waals surface area contributed by atoms with Gasteiger partial charge in [0.2, 0.25) is 0 Å². The maximum atomic E-state index is 6.27. The van der Waals surface area contributed by atoms with E-state index in [1.54, 1.807) is 0 Å². The van der Waals surface area contributed by atoms with E-state index in [2.05, 4.69) is 21.8 Å². The van der Waals surface area contributed by atoms with E-state index in [4.69, 9.17) is 11.6 Å². The Hall–Kier alpha value is -1.06. The molecule has 84 valence electrons. The third-order valence-electron chi connectivity index (χ3n) is 3.24. The summed E-state index contributed by atoms with van der Waals surface area (Å²) in [6, 6.07) is 6.40. The Kier molecular flexibility index (Phi) is 2.37. The first-order valence-corrected chi connectivity index (χ1v) is 5.99. The van der Waals surface area contributed by atoms with Crippen molar-refractivity contribution in [2.45, 2.75) is 19.4 Å². The average molecular weight is 236 g/mol. The standard InChI is InChI=1S/C12H14ClN3/c1-8-15-11-4-2-3-10(13)12(11)16(8)9-5-6-14-7-9/h2-4,9,14H,5-7H2,1H3/t9-/m1/s1. The summed E-state index contributed by atoms with van der Waals surface area (Å²) in [5.41, 5.74) is 2.08. The number of hydrogen-bond donors (Lipinski definition) is 1. The molecule has 1 atom stereocenters. The molecule has 2 heterocycles. The van der Waals surface area contributed by atoms with E-state index in [1.807, 2.05) is 18.2 Å². The van der Waals surface area contributed by atoms with Crippen molar-refractivity contribution in [2.24, 2.45) is 0 Å². The van der Waals surface area contributed by atoms with Crippen LogP contribution in [0.25, 0.3) is 11.0 Å². The van der Waals surface area contributed by atoms with Crippen LogP contribution in [0.4, 0.5) is 0 Å². The zero-order chi connectivity index (χ0) is 11.1. The van der Waals surface area contributed by atoms with Gasteiger partial charge in [-0.2, -0.15) is 0 Å². The first kappa shape index (κ1) is 10.1. The maximum absolute atomic E-state index is 6.27. The number of fused-ring (bicyclic) bond motifs is 1. The summed E-state index contributed by atoms with van der Waals surface area (Å²) in [6.45, 7) is 4.14. The Balaban J connectivity index is 2.25. The lowest BCUT2D eigenvalue weighted by Gasteiger charge is -2.14. The highest BCUT2D eigenvalue weighted by Gasteiger charge is 2.21. The van der Waals surface area contributed by atoms with E-state index in [-0.39, 0.29) is 0 Å². The van der Waals surface area contributed by atoms with Gasteiger partial charge in [0.25, 0.3) is 0 Å². The predicted molar refractivity (Wildman–Crippen MR) is 66.0 cm³/mol. The highest BCUT2D eigenvalue weighted by atomic mass is 35.5. The zero-order valence-corrected chi connectivity index (χ0v) is 9.96. The van der Waals surface area contributed by atoms with E-state index >= 15 is 0 Å². The molecule has 1 aliphatic rings. The number of nitrogens with one attached hydrogen (secondary N) is 1. The lowest BCUT2D eigenvalue weighted by Crippen LogP contribution is -2.14. The van der Waals surface area contributed by atoms with Gasteiger partial charge >= 0.3 is 0 Å². The third-order valence-corrected chi connectivity index (χ3v) is 3.54. The molecule has 3 nitrogen and oxygen atoms in total. The van der Waals surface area contributed by atoms with E-state index < -0.39 is 0 Å². The van der Waals surface area contributed by atoms with Crippen molar-refractivity contribution in [2.75, 3.05) is 13.1 Å². The molecule has 0 aliphatic carbocycles. The first-order chi connectivity index (χ1) is 7.77. The van der Waals surface area contributed by atoms with E-state index in [1.165, 1.54) is 0 Å². The molecule has 0 saturated carbocycles. The molecule has 1 aromatic carbocycles. The van der Waals surface area contributed by atoms with Crippen molar-refractivity contribution in [1.82, 2.24) is 14.9 Å². The Morgan fingerprint density at radius 3 is 3.12 bits per heavy atom. The second kappa shape index (κ2) is 3.75. The summed E-state index contributed by atoms with van der Waals surface area (Å²) in [4.78, 5) is 4.57. The van der Waals surface area contributed by atoms with Gasteiger partial charge in [0, 0.05) is 12.6 Å². The molecule has 4 heteroatoms. The molecule has 1 N–H and O–H groups in total. The SMILES string of the molecule is Cc1nc2cccc(Cl)c2n1[C@@H]1CCNC1. The van der Waals surface area contributed by atoms with Gasteiger partial charge < -0.3 is 9.88 Å². The van der Waals surface area contributed by atoms with Gasteiger partial charge in [-0.1, -0.05) is 17.7 Å². The summed E-state index contributed by atoms with van der Waals surface area (Å²) in [5.74, 6) is 1.05. The molecule has 0 spiro atoms. The molecule has 1 saturated heterocycles. The molecule has 1 aliphatic heterocycles. The fourth-order valence-electron chi connectivity index (χ4n) is 2.53. The Bertz CT molecular complexity index is 526. The largest absolute Gasteiger partial charge is 0.323 e. The molecule has 16 heavy (non-hydrogen) atoms. The number of benzene rings is 1. The number of rotatable bonds is 1. The van der Waals surface area contributed by atoms with Crippen molar-refractivity contribution in [1.29, 1.82) is 0 Å². The van der Waals surface area contributed by atoms with Crippen molar-refractivity contribution in [3.63, 3.8) is 0 Å². The lowest BCUT2D eigenvalue weighted by molar-refractivity contribution is 0.548. The van der Waals surface area contributed by atoms with E-state index in [0.29, 0.717) is 6.04 Å². The van der Waals surface area contributed by atoms with Crippen LogP contribution in [0.2, 0.25) is 5.02 Å². The normalized spacial score (nSPS) is 20.8. The quantitative estimate of drug-likeness (QED) is 0.823. The molecule has 2 aromatic rings. The summed E-state index contributed by atoms with van der Waals surface area (Å²) < 4.78 is 2.28. The lowest BCUT2D eigenvalue weighted by atomic mass is 10.2. The first-order valence-electron chi connectivity index (χ1n) is 5.61. The van der Waals surface area contributed by atoms with Crippen LogP contribution in [0.1, 0.15) is 18.3 Å². The smallest absolute Gasteiger partial charge is 0.107 e. The number of nitrogens with zero attached hydrogens (tertiary/aromatic N) is 2. The van der Waals surface area contributed by atoms with Crippen molar-refractivity contribution in [3.8, 4) is 0 Å².